The first kappa shape index (κ1) is 13.2. The van der Waals surface area contributed by atoms with Gasteiger partial charge in [0, 0.05) is 29.1 Å². The first-order chi connectivity index (χ1) is 9.19. The molecule has 0 aliphatic rings. The summed E-state index contributed by atoms with van der Waals surface area (Å²) >= 11 is 0. The highest BCUT2D eigenvalue weighted by Crippen LogP contribution is 2.31. The first-order valence-corrected chi connectivity index (χ1v) is 6.51. The minimum absolute atomic E-state index is 0.450. The van der Waals surface area contributed by atoms with Gasteiger partial charge in [-0.2, -0.15) is 10.4 Å². The van der Waals surface area contributed by atoms with Crippen LogP contribution in [-0.2, 0) is 6.54 Å². The lowest BCUT2D eigenvalue weighted by atomic mass is 10.0. The van der Waals surface area contributed by atoms with E-state index in [1.54, 1.807) is 0 Å². The van der Waals surface area contributed by atoms with Crippen LogP contribution in [0.2, 0.25) is 0 Å². The van der Waals surface area contributed by atoms with E-state index in [9.17, 15) is 5.26 Å². The maximum absolute atomic E-state index is 9.27. The zero-order valence-electron chi connectivity index (χ0n) is 11.3. The van der Waals surface area contributed by atoms with Gasteiger partial charge >= 0.3 is 0 Å². The summed E-state index contributed by atoms with van der Waals surface area (Å²) in [5.74, 6) is 0. The molecule has 19 heavy (non-hydrogen) atoms. The second-order valence-electron chi connectivity index (χ2n) is 4.58. The van der Waals surface area contributed by atoms with Crippen molar-refractivity contribution in [1.82, 2.24) is 9.78 Å². The number of hydrogen-bond acceptors (Lipinski definition) is 3. The van der Waals surface area contributed by atoms with Gasteiger partial charge in [0.05, 0.1) is 0 Å². The summed E-state index contributed by atoms with van der Waals surface area (Å²) in [5.41, 5.74) is 9.89. The van der Waals surface area contributed by atoms with E-state index in [0.29, 0.717) is 11.4 Å². The SMILES string of the molecule is CCCCn1nc(C#N)c(-c2ccccc2N)c1C. The van der Waals surface area contributed by atoms with E-state index < -0.39 is 0 Å². The van der Waals surface area contributed by atoms with Crippen molar-refractivity contribution in [3.63, 3.8) is 0 Å². The number of anilines is 1. The number of nitrogens with two attached hydrogens (primary N) is 1. The third-order valence-electron chi connectivity index (χ3n) is 3.27. The molecule has 0 aliphatic heterocycles. The number of unbranched alkanes of at least 4 members (excludes halogenated alkanes) is 1. The van der Waals surface area contributed by atoms with Crippen LogP contribution in [0.15, 0.2) is 24.3 Å². The van der Waals surface area contributed by atoms with Crippen LogP contribution in [0, 0.1) is 18.3 Å². The molecule has 1 heterocycles. The molecule has 2 N–H and O–H groups in total. The molecule has 98 valence electrons. The van der Waals surface area contributed by atoms with E-state index >= 15 is 0 Å². The number of nitrogens with zero attached hydrogens (tertiary/aromatic N) is 3. The van der Waals surface area contributed by atoms with E-state index in [4.69, 9.17) is 5.73 Å². The third kappa shape index (κ3) is 2.45. The van der Waals surface area contributed by atoms with Gasteiger partial charge < -0.3 is 5.73 Å². The number of rotatable bonds is 4. The zero-order valence-corrected chi connectivity index (χ0v) is 11.3. The molecule has 0 atom stereocenters. The number of hydrogen-bond donors (Lipinski definition) is 1. The molecule has 1 aromatic heterocycles. The normalized spacial score (nSPS) is 10.4. The van der Waals surface area contributed by atoms with Crippen LogP contribution in [0.1, 0.15) is 31.2 Å². The Morgan fingerprint density at radius 2 is 2.11 bits per heavy atom. The van der Waals surface area contributed by atoms with Crippen molar-refractivity contribution in [3.05, 3.63) is 35.7 Å². The van der Waals surface area contributed by atoms with E-state index in [0.717, 1.165) is 36.2 Å². The maximum Gasteiger partial charge on any atom is 0.170 e. The van der Waals surface area contributed by atoms with Gasteiger partial charge in [0.25, 0.3) is 0 Å². The highest BCUT2D eigenvalue weighted by atomic mass is 15.3. The lowest BCUT2D eigenvalue weighted by Gasteiger charge is -2.06. The predicted octanol–water partition coefficient (Wildman–Crippen LogP) is 3.11. The molecule has 0 bridgehead atoms. The average molecular weight is 254 g/mol. The molecule has 0 saturated carbocycles. The van der Waals surface area contributed by atoms with Crippen LogP contribution in [0.3, 0.4) is 0 Å². The maximum atomic E-state index is 9.27. The Morgan fingerprint density at radius 3 is 2.74 bits per heavy atom. The monoisotopic (exact) mass is 254 g/mol. The second kappa shape index (κ2) is 5.57. The van der Waals surface area contributed by atoms with Crippen LogP contribution in [0.25, 0.3) is 11.1 Å². The number of para-hydroxylation sites is 1. The van der Waals surface area contributed by atoms with Gasteiger partial charge in [0.2, 0.25) is 0 Å². The molecule has 2 aromatic rings. The van der Waals surface area contributed by atoms with Crippen molar-refractivity contribution in [1.29, 1.82) is 5.26 Å². The lowest BCUT2D eigenvalue weighted by molar-refractivity contribution is 0.558. The van der Waals surface area contributed by atoms with Crippen LogP contribution in [0.5, 0.6) is 0 Å². The smallest absolute Gasteiger partial charge is 0.170 e. The lowest BCUT2D eigenvalue weighted by Crippen LogP contribution is -2.02. The van der Waals surface area contributed by atoms with Crippen LogP contribution < -0.4 is 5.73 Å². The Balaban J connectivity index is 2.54. The summed E-state index contributed by atoms with van der Waals surface area (Å²) < 4.78 is 1.91. The summed E-state index contributed by atoms with van der Waals surface area (Å²) in [7, 11) is 0. The van der Waals surface area contributed by atoms with Gasteiger partial charge in [-0.15, -0.1) is 0 Å². The van der Waals surface area contributed by atoms with Gasteiger partial charge in [-0.1, -0.05) is 31.5 Å². The number of aromatic nitrogens is 2. The number of nitrogen functional groups attached to an aromatic ring is 1. The minimum atomic E-state index is 0.450. The van der Waals surface area contributed by atoms with Crippen molar-refractivity contribution in [2.45, 2.75) is 33.2 Å². The van der Waals surface area contributed by atoms with E-state index in [1.807, 2.05) is 35.9 Å². The van der Waals surface area contributed by atoms with Crippen molar-refractivity contribution < 1.29 is 0 Å². The molecule has 0 spiro atoms. The Hall–Kier alpha value is -2.28. The van der Waals surface area contributed by atoms with Gasteiger partial charge in [-0.05, 0) is 19.4 Å². The largest absolute Gasteiger partial charge is 0.398 e. The molecular weight excluding hydrogens is 236 g/mol. The van der Waals surface area contributed by atoms with Gasteiger partial charge in [-0.25, -0.2) is 0 Å². The Labute approximate surface area is 113 Å². The Morgan fingerprint density at radius 1 is 1.37 bits per heavy atom. The fraction of sp³-hybridized carbons (Fsp3) is 0.333. The van der Waals surface area contributed by atoms with Crippen molar-refractivity contribution in [3.8, 4) is 17.2 Å². The topological polar surface area (TPSA) is 67.6 Å². The Kier molecular flexibility index (Phi) is 3.86. The van der Waals surface area contributed by atoms with Gasteiger partial charge in [0.1, 0.15) is 6.07 Å². The van der Waals surface area contributed by atoms with E-state index in [1.165, 1.54) is 0 Å². The van der Waals surface area contributed by atoms with Crippen molar-refractivity contribution in [2.24, 2.45) is 0 Å². The quantitative estimate of drug-likeness (QED) is 0.852. The zero-order chi connectivity index (χ0) is 13.8. The molecule has 0 saturated heterocycles. The van der Waals surface area contributed by atoms with E-state index in [2.05, 4.69) is 18.1 Å². The van der Waals surface area contributed by atoms with Crippen LogP contribution in [-0.4, -0.2) is 9.78 Å². The summed E-state index contributed by atoms with van der Waals surface area (Å²) in [5, 5.41) is 13.7. The standard InChI is InChI=1S/C15H18N4/c1-3-4-9-19-11(2)15(14(10-16)18-19)12-7-5-6-8-13(12)17/h5-8H,3-4,9,17H2,1-2H3. The molecule has 0 unspecified atom stereocenters. The molecule has 0 amide bonds. The molecule has 2 rings (SSSR count). The molecular formula is C15H18N4. The summed E-state index contributed by atoms with van der Waals surface area (Å²) in [6.07, 6.45) is 2.15. The summed E-state index contributed by atoms with van der Waals surface area (Å²) in [6.45, 7) is 4.97. The third-order valence-corrected chi connectivity index (χ3v) is 3.27. The fourth-order valence-electron chi connectivity index (χ4n) is 2.20. The number of benzene rings is 1. The number of nitriles is 1. The molecule has 0 radical (unpaired) electrons. The fourth-order valence-corrected chi connectivity index (χ4v) is 2.20. The number of aryl methyl sites for hydroxylation is 1. The average Bonchev–Trinajstić information content (AvgIpc) is 2.73. The molecule has 4 heteroatoms. The first-order valence-electron chi connectivity index (χ1n) is 6.51. The van der Waals surface area contributed by atoms with Crippen molar-refractivity contribution >= 4 is 5.69 Å². The highest BCUT2D eigenvalue weighted by Gasteiger charge is 2.17. The molecule has 4 nitrogen and oxygen atoms in total. The molecule has 0 fully saturated rings. The van der Waals surface area contributed by atoms with Crippen LogP contribution in [0.4, 0.5) is 5.69 Å². The highest BCUT2D eigenvalue weighted by molar-refractivity contribution is 5.80. The predicted molar refractivity (Wildman–Crippen MR) is 76.4 cm³/mol. The van der Waals surface area contributed by atoms with Crippen LogP contribution >= 0.6 is 0 Å². The minimum Gasteiger partial charge on any atom is -0.398 e. The Bertz CT molecular complexity index is 620. The van der Waals surface area contributed by atoms with Crippen molar-refractivity contribution in [2.75, 3.05) is 5.73 Å². The molecule has 0 aliphatic carbocycles. The van der Waals surface area contributed by atoms with Gasteiger partial charge in [0.15, 0.2) is 5.69 Å². The second-order valence-corrected chi connectivity index (χ2v) is 4.58. The molecule has 1 aromatic carbocycles. The van der Waals surface area contributed by atoms with Gasteiger partial charge in [-0.3, -0.25) is 4.68 Å². The summed E-state index contributed by atoms with van der Waals surface area (Å²) in [4.78, 5) is 0. The van der Waals surface area contributed by atoms with E-state index in [-0.39, 0.29) is 0 Å². The summed E-state index contributed by atoms with van der Waals surface area (Å²) in [6, 6.07) is 9.77.